The lowest BCUT2D eigenvalue weighted by Gasteiger charge is -2.21. The average Bonchev–Trinajstić information content (AvgIpc) is 3.60. The Labute approximate surface area is 201 Å². The Morgan fingerprint density at radius 2 is 1.94 bits per heavy atom. The highest BCUT2D eigenvalue weighted by molar-refractivity contribution is 7.93. The molecule has 1 amide bonds. The fourth-order valence-corrected chi connectivity index (χ4v) is 5.89. The zero-order chi connectivity index (χ0) is 23.7. The number of nitrogens with zero attached hydrogens (tertiary/aromatic N) is 4. The second-order valence-corrected chi connectivity index (χ2v) is 10.7. The van der Waals surface area contributed by atoms with Gasteiger partial charge in [-0.15, -0.1) is 0 Å². The molecule has 0 radical (unpaired) electrons. The van der Waals surface area contributed by atoms with Crippen LogP contribution in [0.2, 0.25) is 0 Å². The predicted octanol–water partition coefficient (Wildman–Crippen LogP) is 3.25. The molecule has 1 saturated heterocycles. The van der Waals surface area contributed by atoms with Gasteiger partial charge < -0.3 is 14.8 Å². The maximum Gasteiger partial charge on any atom is 0.263 e. The van der Waals surface area contributed by atoms with E-state index >= 15 is 0 Å². The number of amides is 1. The van der Waals surface area contributed by atoms with Crippen LogP contribution in [0.3, 0.4) is 0 Å². The summed E-state index contributed by atoms with van der Waals surface area (Å²) in [5, 5.41) is 4.51. The predicted molar refractivity (Wildman–Crippen MR) is 133 cm³/mol. The van der Waals surface area contributed by atoms with Crippen LogP contribution < -0.4 is 14.9 Å². The second-order valence-electron chi connectivity index (χ2n) is 8.24. The molecule has 0 unspecified atom stereocenters. The highest BCUT2D eigenvalue weighted by atomic mass is 32.2. The molecule has 34 heavy (non-hydrogen) atoms. The Morgan fingerprint density at radius 1 is 1.15 bits per heavy atom. The molecule has 11 heteroatoms. The zero-order valence-corrected chi connectivity index (χ0v) is 20.1. The van der Waals surface area contributed by atoms with Crippen molar-refractivity contribution in [3.8, 4) is 0 Å². The Morgan fingerprint density at radius 3 is 2.71 bits per heavy atom. The number of rotatable bonds is 7. The van der Waals surface area contributed by atoms with Gasteiger partial charge in [0.25, 0.3) is 10.0 Å². The quantitative estimate of drug-likeness (QED) is 0.407. The van der Waals surface area contributed by atoms with Gasteiger partial charge in [0.1, 0.15) is 12.4 Å². The Balaban J connectivity index is 1.20. The molecule has 2 aromatic heterocycles. The van der Waals surface area contributed by atoms with Crippen LogP contribution in [-0.2, 0) is 14.8 Å². The summed E-state index contributed by atoms with van der Waals surface area (Å²) in [4.78, 5) is 19.1. The van der Waals surface area contributed by atoms with Crippen LogP contribution in [0.4, 0.5) is 10.8 Å². The van der Waals surface area contributed by atoms with Gasteiger partial charge in [0, 0.05) is 48.1 Å². The minimum Gasteiger partial charge on any atom is -0.369 e. The van der Waals surface area contributed by atoms with E-state index < -0.39 is 10.0 Å². The summed E-state index contributed by atoms with van der Waals surface area (Å²) in [6.45, 7) is 3.35. The third kappa shape index (κ3) is 4.48. The van der Waals surface area contributed by atoms with Crippen LogP contribution in [0.15, 0.2) is 72.0 Å². The minimum absolute atomic E-state index is 0.0163. The number of fused-ring (bicyclic) bond motifs is 1. The van der Waals surface area contributed by atoms with Gasteiger partial charge in [0.2, 0.25) is 11.0 Å². The monoisotopic (exact) mass is 496 g/mol. The molecule has 0 bridgehead atoms. The van der Waals surface area contributed by atoms with Crippen LogP contribution in [-0.4, -0.2) is 47.4 Å². The number of hydrogen-bond acceptors (Lipinski definition) is 7. The summed E-state index contributed by atoms with van der Waals surface area (Å²) in [6, 6.07) is 16.5. The molecule has 2 aromatic carbocycles. The van der Waals surface area contributed by atoms with Crippen molar-refractivity contribution in [1.82, 2.24) is 19.2 Å². The summed E-state index contributed by atoms with van der Waals surface area (Å²) < 4.78 is 33.2. The van der Waals surface area contributed by atoms with Gasteiger partial charge in [-0.3, -0.25) is 9.52 Å². The van der Waals surface area contributed by atoms with Crippen molar-refractivity contribution in [2.75, 3.05) is 22.7 Å². The smallest absolute Gasteiger partial charge is 0.263 e. The van der Waals surface area contributed by atoms with Crippen molar-refractivity contribution in [1.29, 1.82) is 0 Å². The lowest BCUT2D eigenvalue weighted by atomic mass is 10.2. The van der Waals surface area contributed by atoms with Gasteiger partial charge >= 0.3 is 0 Å². The number of hydrogen-bond donors (Lipinski definition) is 2. The first kappa shape index (κ1) is 22.4. The number of benzene rings is 2. The summed E-state index contributed by atoms with van der Waals surface area (Å²) in [6.07, 6.45) is 4.07. The first-order valence-corrected chi connectivity index (χ1v) is 13.2. The van der Waals surface area contributed by atoms with E-state index in [1.54, 1.807) is 24.3 Å². The first-order valence-electron chi connectivity index (χ1n) is 10.9. The minimum atomic E-state index is -3.72. The third-order valence-corrected chi connectivity index (χ3v) is 8.12. The van der Waals surface area contributed by atoms with E-state index in [1.165, 1.54) is 6.33 Å². The van der Waals surface area contributed by atoms with Crippen molar-refractivity contribution in [3.05, 3.63) is 67.1 Å². The fourth-order valence-electron chi connectivity index (χ4n) is 4.23. The number of carbonyl (C=O) groups excluding carboxylic acids is 1. The van der Waals surface area contributed by atoms with Gasteiger partial charge in [-0.1, -0.05) is 18.2 Å². The molecule has 2 N–H and O–H groups in total. The van der Waals surface area contributed by atoms with Crippen molar-refractivity contribution in [2.24, 2.45) is 0 Å². The summed E-state index contributed by atoms with van der Waals surface area (Å²) in [5.74, 6) is -0.0163. The maximum atomic E-state index is 12.9. The van der Waals surface area contributed by atoms with Crippen LogP contribution in [0.1, 0.15) is 19.4 Å². The topological polar surface area (TPSA) is 109 Å². The molecule has 3 heterocycles. The largest absolute Gasteiger partial charge is 0.369 e. The molecule has 1 aliphatic rings. The Kier molecular flexibility index (Phi) is 5.96. The van der Waals surface area contributed by atoms with Gasteiger partial charge in [0.15, 0.2) is 0 Å². The molecule has 4 aromatic rings. The van der Waals surface area contributed by atoms with Crippen LogP contribution in [0.25, 0.3) is 10.9 Å². The van der Waals surface area contributed by atoms with E-state index in [2.05, 4.69) is 24.3 Å². The van der Waals surface area contributed by atoms with E-state index in [1.807, 2.05) is 48.0 Å². The van der Waals surface area contributed by atoms with E-state index in [9.17, 15) is 13.2 Å². The highest BCUT2D eigenvalue weighted by Crippen LogP contribution is 2.25. The van der Waals surface area contributed by atoms with E-state index in [0.29, 0.717) is 6.54 Å². The van der Waals surface area contributed by atoms with Gasteiger partial charge in [0.05, 0.1) is 4.90 Å². The van der Waals surface area contributed by atoms with Crippen LogP contribution in [0, 0.1) is 0 Å². The molecule has 9 nitrogen and oxygen atoms in total. The Hall–Kier alpha value is -3.44. The fraction of sp³-hybridized carbons (Fsp3) is 0.261. The number of anilines is 2. The second kappa shape index (κ2) is 9.07. The van der Waals surface area contributed by atoms with Crippen molar-refractivity contribution in [3.63, 3.8) is 0 Å². The highest BCUT2D eigenvalue weighted by Gasteiger charge is 2.27. The molecular formula is C23H24N6O3S2. The van der Waals surface area contributed by atoms with Crippen LogP contribution in [0.5, 0.6) is 0 Å². The van der Waals surface area contributed by atoms with Gasteiger partial charge in [-0.2, -0.15) is 4.37 Å². The summed E-state index contributed by atoms with van der Waals surface area (Å²) in [5.41, 5.74) is 1.95. The molecule has 1 fully saturated rings. The van der Waals surface area contributed by atoms with Gasteiger partial charge in [-0.25, -0.2) is 13.4 Å². The molecule has 2 atom stereocenters. The molecule has 0 aliphatic carbocycles. The molecule has 0 spiro atoms. The SMILES string of the molecule is C[C@H](C(=O)N[C@H]1CCN(c2ccc(S(=O)(=O)Nc3ncns3)cc2)C1)n1ccc2ccccc21. The lowest BCUT2D eigenvalue weighted by molar-refractivity contribution is -0.124. The van der Waals surface area contributed by atoms with E-state index in [-0.39, 0.29) is 28.0 Å². The number of para-hydroxylation sites is 1. The first-order chi connectivity index (χ1) is 16.4. The zero-order valence-electron chi connectivity index (χ0n) is 18.5. The van der Waals surface area contributed by atoms with Crippen molar-refractivity contribution < 1.29 is 13.2 Å². The number of sulfonamides is 1. The summed E-state index contributed by atoms with van der Waals surface area (Å²) >= 11 is 0.979. The maximum absolute atomic E-state index is 12.9. The lowest BCUT2D eigenvalue weighted by Crippen LogP contribution is -2.40. The van der Waals surface area contributed by atoms with Crippen LogP contribution >= 0.6 is 11.5 Å². The van der Waals surface area contributed by atoms with Crippen molar-refractivity contribution in [2.45, 2.75) is 30.3 Å². The van der Waals surface area contributed by atoms with Gasteiger partial charge in [-0.05, 0) is 55.1 Å². The number of nitrogens with one attached hydrogen (secondary N) is 2. The van der Waals surface area contributed by atoms with E-state index in [4.69, 9.17) is 0 Å². The third-order valence-electron chi connectivity index (χ3n) is 6.06. The Bertz CT molecular complexity index is 1400. The molecule has 0 saturated carbocycles. The molecular weight excluding hydrogens is 472 g/mol. The van der Waals surface area contributed by atoms with E-state index in [0.717, 1.165) is 41.1 Å². The molecule has 5 rings (SSSR count). The molecule has 176 valence electrons. The van der Waals surface area contributed by atoms with Crippen molar-refractivity contribution >= 4 is 49.2 Å². The average molecular weight is 497 g/mol. The number of carbonyl (C=O) groups is 1. The standard InChI is InChI=1S/C23H24N6O3S2/c1-16(29-13-10-17-4-2-3-5-21(17)29)22(30)26-18-11-12-28(14-18)19-6-8-20(9-7-19)34(31,32)27-23-24-15-25-33-23/h2-10,13,15-16,18H,11-12,14H2,1H3,(H,26,30)(H,24,25,27)/t16-,18+/m1/s1. The number of aromatic nitrogens is 3. The normalized spacial score (nSPS) is 17.1. The molecule has 1 aliphatic heterocycles. The summed E-state index contributed by atoms with van der Waals surface area (Å²) in [7, 11) is -3.72.